The molecule has 0 unspecified atom stereocenters. The molecule has 0 radical (unpaired) electrons. The van der Waals surface area contributed by atoms with Gasteiger partial charge in [-0.25, -0.2) is 4.39 Å². The maximum Gasteiger partial charge on any atom is 0.224 e. The number of benzene rings is 2. The third kappa shape index (κ3) is 4.64. The molecule has 0 aliphatic rings. The zero-order valence-electron chi connectivity index (χ0n) is 11.4. The van der Waals surface area contributed by atoms with Crippen LogP contribution in [0.1, 0.15) is 23.2 Å². The Morgan fingerprint density at radius 2 is 1.77 bits per heavy atom. The van der Waals surface area contributed by atoms with E-state index in [1.807, 2.05) is 0 Å². The van der Waals surface area contributed by atoms with Crippen LogP contribution >= 0.6 is 27.5 Å². The smallest absolute Gasteiger partial charge is 0.224 e. The Labute approximate surface area is 140 Å². The maximum atomic E-state index is 13.5. The Hall–Kier alpha value is -1.72. The second kappa shape index (κ2) is 7.51. The predicted octanol–water partition coefficient (Wildman–Crippen LogP) is 4.84. The fourth-order valence-corrected chi connectivity index (χ4v) is 2.23. The summed E-state index contributed by atoms with van der Waals surface area (Å²) in [4.78, 5) is 23.7. The molecule has 2 rings (SSSR count). The van der Waals surface area contributed by atoms with Gasteiger partial charge in [-0.05, 0) is 30.3 Å². The quantitative estimate of drug-likeness (QED) is 0.750. The molecule has 22 heavy (non-hydrogen) atoms. The second-order valence-electron chi connectivity index (χ2n) is 4.60. The molecule has 0 aliphatic heterocycles. The van der Waals surface area contributed by atoms with E-state index in [9.17, 15) is 14.0 Å². The molecule has 0 aromatic heterocycles. The number of nitrogens with one attached hydrogen (secondary N) is 1. The SMILES string of the molecule is O=C(CCC(=O)c1ccc(Br)cc1)Nc1ccc(Cl)cc1F. The van der Waals surface area contributed by atoms with Crippen LogP contribution in [0.2, 0.25) is 5.02 Å². The number of anilines is 1. The standard InChI is InChI=1S/C16H12BrClFNO2/c17-11-3-1-10(2-4-11)15(21)7-8-16(22)20-14-6-5-12(18)9-13(14)19/h1-6,9H,7-8H2,(H,20,22). The van der Waals surface area contributed by atoms with Crippen LogP contribution in [-0.2, 0) is 4.79 Å². The summed E-state index contributed by atoms with van der Waals surface area (Å²) < 4.78 is 14.4. The van der Waals surface area contributed by atoms with Gasteiger partial charge in [-0.15, -0.1) is 0 Å². The fraction of sp³-hybridized carbons (Fsp3) is 0.125. The first-order chi connectivity index (χ1) is 10.5. The highest BCUT2D eigenvalue weighted by molar-refractivity contribution is 9.10. The molecule has 3 nitrogen and oxygen atoms in total. The minimum Gasteiger partial charge on any atom is -0.324 e. The summed E-state index contributed by atoms with van der Waals surface area (Å²) >= 11 is 8.92. The van der Waals surface area contributed by atoms with E-state index >= 15 is 0 Å². The maximum absolute atomic E-state index is 13.5. The number of amides is 1. The summed E-state index contributed by atoms with van der Waals surface area (Å²) in [6.07, 6.45) is 0.0413. The van der Waals surface area contributed by atoms with Gasteiger partial charge in [-0.2, -0.15) is 0 Å². The highest BCUT2D eigenvalue weighted by atomic mass is 79.9. The van der Waals surface area contributed by atoms with Gasteiger partial charge < -0.3 is 5.32 Å². The monoisotopic (exact) mass is 383 g/mol. The summed E-state index contributed by atoms with van der Waals surface area (Å²) in [5.41, 5.74) is 0.583. The first-order valence-corrected chi connectivity index (χ1v) is 7.66. The third-order valence-corrected chi connectivity index (χ3v) is 3.71. The summed E-state index contributed by atoms with van der Waals surface area (Å²) in [5, 5.41) is 2.67. The van der Waals surface area contributed by atoms with E-state index in [1.165, 1.54) is 12.1 Å². The molecule has 0 saturated carbocycles. The van der Waals surface area contributed by atoms with Gasteiger partial charge >= 0.3 is 0 Å². The highest BCUT2D eigenvalue weighted by Gasteiger charge is 2.11. The summed E-state index contributed by atoms with van der Waals surface area (Å²) in [7, 11) is 0. The van der Waals surface area contributed by atoms with E-state index in [2.05, 4.69) is 21.2 Å². The molecular formula is C16H12BrClFNO2. The van der Waals surface area contributed by atoms with Crippen molar-refractivity contribution in [2.75, 3.05) is 5.32 Å². The van der Waals surface area contributed by atoms with Crippen LogP contribution < -0.4 is 5.32 Å². The van der Waals surface area contributed by atoms with Crippen molar-refractivity contribution in [2.24, 2.45) is 0 Å². The average Bonchev–Trinajstić information content (AvgIpc) is 2.48. The third-order valence-electron chi connectivity index (χ3n) is 2.95. The predicted molar refractivity (Wildman–Crippen MR) is 87.7 cm³/mol. The molecule has 0 atom stereocenters. The lowest BCUT2D eigenvalue weighted by molar-refractivity contribution is -0.116. The van der Waals surface area contributed by atoms with E-state index in [0.29, 0.717) is 5.56 Å². The van der Waals surface area contributed by atoms with E-state index < -0.39 is 11.7 Å². The van der Waals surface area contributed by atoms with Gasteiger partial charge in [0.15, 0.2) is 5.78 Å². The van der Waals surface area contributed by atoms with Crippen LogP contribution in [0.4, 0.5) is 10.1 Å². The van der Waals surface area contributed by atoms with Gasteiger partial charge in [0, 0.05) is 27.9 Å². The molecule has 0 fully saturated rings. The van der Waals surface area contributed by atoms with Gasteiger partial charge in [0.25, 0.3) is 0 Å². The zero-order chi connectivity index (χ0) is 16.1. The molecule has 0 spiro atoms. The summed E-state index contributed by atoms with van der Waals surface area (Å²) in [5.74, 6) is -1.18. The number of rotatable bonds is 5. The van der Waals surface area contributed by atoms with Crippen molar-refractivity contribution in [3.8, 4) is 0 Å². The number of hydrogen-bond donors (Lipinski definition) is 1. The molecule has 1 amide bonds. The molecule has 2 aromatic rings. The zero-order valence-corrected chi connectivity index (χ0v) is 13.7. The second-order valence-corrected chi connectivity index (χ2v) is 5.95. The van der Waals surface area contributed by atoms with Gasteiger partial charge in [0.1, 0.15) is 5.82 Å². The van der Waals surface area contributed by atoms with E-state index in [1.54, 1.807) is 24.3 Å². The van der Waals surface area contributed by atoms with Crippen LogP contribution in [0.25, 0.3) is 0 Å². The molecule has 6 heteroatoms. The molecule has 0 bridgehead atoms. The molecule has 0 heterocycles. The summed E-state index contributed by atoms with van der Waals surface area (Å²) in [6, 6.07) is 10.9. The first-order valence-electron chi connectivity index (χ1n) is 6.49. The van der Waals surface area contributed by atoms with Crippen LogP contribution in [0.5, 0.6) is 0 Å². The summed E-state index contributed by atoms with van der Waals surface area (Å²) in [6.45, 7) is 0. The normalized spacial score (nSPS) is 10.3. The number of carbonyl (C=O) groups excluding carboxylic acids is 2. The molecular weight excluding hydrogens is 373 g/mol. The van der Waals surface area contributed by atoms with Crippen molar-refractivity contribution in [1.29, 1.82) is 0 Å². The van der Waals surface area contributed by atoms with Crippen LogP contribution in [-0.4, -0.2) is 11.7 Å². The molecule has 0 aliphatic carbocycles. The van der Waals surface area contributed by atoms with Gasteiger partial charge in [0.2, 0.25) is 5.91 Å². The largest absolute Gasteiger partial charge is 0.324 e. The number of Topliss-reactive ketones (excluding diaryl/α,β-unsaturated/α-hetero) is 1. The van der Waals surface area contributed by atoms with Crippen molar-refractivity contribution in [3.05, 3.63) is 63.3 Å². The van der Waals surface area contributed by atoms with Gasteiger partial charge in [0.05, 0.1) is 5.69 Å². The molecule has 2 aromatic carbocycles. The minimum absolute atomic E-state index is 0.0169. The van der Waals surface area contributed by atoms with E-state index in [-0.39, 0.29) is 29.3 Å². The highest BCUT2D eigenvalue weighted by Crippen LogP contribution is 2.19. The van der Waals surface area contributed by atoms with Crippen LogP contribution in [0.3, 0.4) is 0 Å². The Morgan fingerprint density at radius 1 is 1.09 bits per heavy atom. The number of carbonyl (C=O) groups is 2. The van der Waals surface area contributed by atoms with Gasteiger partial charge in [-0.3, -0.25) is 9.59 Å². The molecule has 114 valence electrons. The molecule has 0 saturated heterocycles. The fourth-order valence-electron chi connectivity index (χ4n) is 1.81. The van der Waals surface area contributed by atoms with E-state index in [0.717, 1.165) is 10.5 Å². The minimum atomic E-state index is -0.611. The van der Waals surface area contributed by atoms with Crippen LogP contribution in [0, 0.1) is 5.82 Å². The Balaban J connectivity index is 1.89. The van der Waals surface area contributed by atoms with Crippen molar-refractivity contribution in [2.45, 2.75) is 12.8 Å². The van der Waals surface area contributed by atoms with Crippen LogP contribution in [0.15, 0.2) is 46.9 Å². The Kier molecular flexibility index (Phi) is 5.69. The van der Waals surface area contributed by atoms with Crippen molar-refractivity contribution in [3.63, 3.8) is 0 Å². The lowest BCUT2D eigenvalue weighted by atomic mass is 10.1. The van der Waals surface area contributed by atoms with Crippen molar-refractivity contribution >= 4 is 44.9 Å². The van der Waals surface area contributed by atoms with E-state index in [4.69, 9.17) is 11.6 Å². The first kappa shape index (κ1) is 16.6. The Morgan fingerprint density at radius 3 is 2.41 bits per heavy atom. The number of halogens is 3. The van der Waals surface area contributed by atoms with Crippen molar-refractivity contribution in [1.82, 2.24) is 0 Å². The lowest BCUT2D eigenvalue weighted by Crippen LogP contribution is -2.14. The average molecular weight is 385 g/mol. The van der Waals surface area contributed by atoms with Gasteiger partial charge in [-0.1, -0.05) is 39.7 Å². The molecule has 1 N–H and O–H groups in total. The number of ketones is 1. The lowest BCUT2D eigenvalue weighted by Gasteiger charge is -2.06. The number of hydrogen-bond acceptors (Lipinski definition) is 2. The Bertz CT molecular complexity index is 704. The topological polar surface area (TPSA) is 46.2 Å². The van der Waals surface area contributed by atoms with Crippen molar-refractivity contribution < 1.29 is 14.0 Å².